The highest BCUT2D eigenvalue weighted by Gasteiger charge is 2.20. The summed E-state index contributed by atoms with van der Waals surface area (Å²) in [5, 5.41) is 20.0. The smallest absolute Gasteiger partial charge is 0.269 e. The SMILES string of the molecule is C=CCn1c(SCC(=O)c2ccc3c(c2)Cc2ccccc2-3)nnc1-c1ccc([N+](=O)[O-])cc1. The van der Waals surface area contributed by atoms with Crippen LogP contribution in [-0.4, -0.2) is 31.2 Å². The van der Waals surface area contributed by atoms with Crippen molar-refractivity contribution in [3.63, 3.8) is 0 Å². The molecule has 0 bridgehead atoms. The van der Waals surface area contributed by atoms with E-state index < -0.39 is 4.92 Å². The molecule has 0 unspecified atom stereocenters. The van der Waals surface area contributed by atoms with E-state index in [1.54, 1.807) is 18.2 Å². The predicted octanol–water partition coefficient (Wildman–Crippen LogP) is 5.59. The highest BCUT2D eigenvalue weighted by atomic mass is 32.2. The molecule has 3 aromatic carbocycles. The molecule has 0 saturated heterocycles. The summed E-state index contributed by atoms with van der Waals surface area (Å²) < 4.78 is 1.85. The van der Waals surface area contributed by atoms with Crippen molar-refractivity contribution in [1.29, 1.82) is 0 Å². The van der Waals surface area contributed by atoms with Gasteiger partial charge in [0.15, 0.2) is 16.8 Å². The molecular weight excluding hydrogens is 448 g/mol. The van der Waals surface area contributed by atoms with Crippen LogP contribution in [-0.2, 0) is 13.0 Å². The molecule has 0 radical (unpaired) electrons. The minimum absolute atomic E-state index is 0.0103. The zero-order valence-electron chi connectivity index (χ0n) is 18.2. The van der Waals surface area contributed by atoms with Gasteiger partial charge in [-0.05, 0) is 46.9 Å². The summed E-state index contributed by atoms with van der Waals surface area (Å²) >= 11 is 1.32. The van der Waals surface area contributed by atoms with Gasteiger partial charge in [-0.15, -0.1) is 16.8 Å². The van der Waals surface area contributed by atoms with Crippen molar-refractivity contribution in [2.24, 2.45) is 0 Å². The van der Waals surface area contributed by atoms with Gasteiger partial charge in [0.2, 0.25) is 0 Å². The predicted molar refractivity (Wildman–Crippen MR) is 132 cm³/mol. The Morgan fingerprint density at radius 1 is 1.06 bits per heavy atom. The fourth-order valence-corrected chi connectivity index (χ4v) is 5.01. The van der Waals surface area contributed by atoms with Crippen LogP contribution in [0.1, 0.15) is 21.5 Å². The van der Waals surface area contributed by atoms with E-state index in [0.29, 0.717) is 28.7 Å². The normalized spacial score (nSPS) is 11.6. The van der Waals surface area contributed by atoms with E-state index in [4.69, 9.17) is 0 Å². The molecule has 168 valence electrons. The summed E-state index contributed by atoms with van der Waals surface area (Å²) in [6.07, 6.45) is 2.56. The second-order valence-electron chi connectivity index (χ2n) is 7.93. The number of Topliss-reactive ketones (excluding diaryl/α,β-unsaturated/α-hetero) is 1. The Kier molecular flexibility index (Phi) is 5.81. The standard InChI is InChI=1S/C26H20N4O3S/c1-2-13-29-25(17-7-10-21(11-8-17)30(32)33)27-28-26(29)34-16-24(31)19-9-12-23-20(15-19)14-18-5-3-4-6-22(18)23/h2-12,15H,1,13-14,16H2. The van der Waals surface area contributed by atoms with E-state index in [2.05, 4.69) is 28.9 Å². The molecule has 1 aromatic heterocycles. The Morgan fingerprint density at radius 3 is 2.59 bits per heavy atom. The number of non-ortho nitro benzene ring substituents is 1. The maximum Gasteiger partial charge on any atom is 0.269 e. The Bertz CT molecular complexity index is 1430. The number of ketones is 1. The largest absolute Gasteiger partial charge is 0.298 e. The van der Waals surface area contributed by atoms with Crippen LogP contribution in [0, 0.1) is 10.1 Å². The number of fused-ring (bicyclic) bond motifs is 3. The first kappa shape index (κ1) is 21.8. The van der Waals surface area contributed by atoms with E-state index in [0.717, 1.165) is 6.42 Å². The molecular formula is C26H20N4O3S. The Hall–Kier alpha value is -4.04. The molecule has 8 heteroatoms. The summed E-state index contributed by atoms with van der Waals surface area (Å²) in [5.41, 5.74) is 6.29. The van der Waals surface area contributed by atoms with Crippen molar-refractivity contribution < 1.29 is 9.72 Å². The van der Waals surface area contributed by atoms with Crippen molar-refractivity contribution in [2.45, 2.75) is 18.1 Å². The number of hydrogen-bond donors (Lipinski definition) is 0. The minimum Gasteiger partial charge on any atom is -0.298 e. The zero-order valence-corrected chi connectivity index (χ0v) is 19.0. The Morgan fingerprint density at radius 2 is 1.82 bits per heavy atom. The van der Waals surface area contributed by atoms with Crippen LogP contribution in [0.2, 0.25) is 0 Å². The van der Waals surface area contributed by atoms with Crippen molar-refractivity contribution in [1.82, 2.24) is 14.8 Å². The Labute approximate surface area is 200 Å². The van der Waals surface area contributed by atoms with Gasteiger partial charge in [-0.25, -0.2) is 0 Å². The minimum atomic E-state index is -0.442. The van der Waals surface area contributed by atoms with Gasteiger partial charge >= 0.3 is 0 Å². The number of nitrogens with zero attached hydrogens (tertiary/aromatic N) is 4. The number of carbonyl (C=O) groups is 1. The van der Waals surface area contributed by atoms with E-state index in [9.17, 15) is 14.9 Å². The number of thioether (sulfide) groups is 1. The first-order chi connectivity index (χ1) is 16.5. The average molecular weight is 469 g/mol. The third-order valence-corrected chi connectivity index (χ3v) is 6.78. The first-order valence-electron chi connectivity index (χ1n) is 10.7. The molecule has 0 amide bonds. The zero-order chi connectivity index (χ0) is 23.7. The third-order valence-electron chi connectivity index (χ3n) is 5.81. The van der Waals surface area contributed by atoms with E-state index in [1.807, 2.05) is 34.9 Å². The lowest BCUT2D eigenvalue weighted by molar-refractivity contribution is -0.384. The molecule has 1 aliphatic rings. The van der Waals surface area contributed by atoms with Gasteiger partial charge in [0.25, 0.3) is 5.69 Å². The lowest BCUT2D eigenvalue weighted by Gasteiger charge is -2.08. The summed E-state index contributed by atoms with van der Waals surface area (Å²) in [7, 11) is 0. The van der Waals surface area contributed by atoms with Crippen LogP contribution in [0.3, 0.4) is 0 Å². The number of aromatic nitrogens is 3. The molecule has 0 fully saturated rings. The van der Waals surface area contributed by atoms with Gasteiger partial charge in [-0.3, -0.25) is 19.5 Å². The molecule has 0 saturated carbocycles. The fourth-order valence-electron chi connectivity index (χ4n) is 4.17. The summed E-state index contributed by atoms with van der Waals surface area (Å²) in [6.45, 7) is 4.25. The number of benzene rings is 3. The summed E-state index contributed by atoms with van der Waals surface area (Å²) in [4.78, 5) is 23.5. The third kappa shape index (κ3) is 4.04. The molecule has 0 atom stereocenters. The average Bonchev–Trinajstić information content (AvgIpc) is 3.43. The van der Waals surface area contributed by atoms with Crippen LogP contribution >= 0.6 is 11.8 Å². The highest BCUT2D eigenvalue weighted by Crippen LogP contribution is 2.37. The number of allylic oxidation sites excluding steroid dienone is 1. The van der Waals surface area contributed by atoms with E-state index >= 15 is 0 Å². The van der Waals surface area contributed by atoms with Gasteiger partial charge in [0.05, 0.1) is 10.7 Å². The van der Waals surface area contributed by atoms with Gasteiger partial charge in [0, 0.05) is 29.8 Å². The van der Waals surface area contributed by atoms with Gasteiger partial charge in [-0.1, -0.05) is 54.2 Å². The summed E-state index contributed by atoms with van der Waals surface area (Å²) in [6, 6.07) is 20.4. The highest BCUT2D eigenvalue weighted by molar-refractivity contribution is 7.99. The first-order valence-corrected chi connectivity index (χ1v) is 11.7. The van der Waals surface area contributed by atoms with Gasteiger partial charge < -0.3 is 0 Å². The van der Waals surface area contributed by atoms with Crippen molar-refractivity contribution in [3.8, 4) is 22.5 Å². The number of carbonyl (C=O) groups excluding carboxylic acids is 1. The van der Waals surface area contributed by atoms with Gasteiger partial charge in [-0.2, -0.15) is 0 Å². The second kappa shape index (κ2) is 9.07. The quantitative estimate of drug-likeness (QED) is 0.0970. The lowest BCUT2D eigenvalue weighted by Crippen LogP contribution is -2.06. The van der Waals surface area contributed by atoms with Crippen molar-refractivity contribution in [3.05, 3.63) is 106 Å². The number of nitro groups is 1. The van der Waals surface area contributed by atoms with Gasteiger partial charge in [0.1, 0.15) is 0 Å². The topological polar surface area (TPSA) is 90.9 Å². The number of hydrogen-bond acceptors (Lipinski definition) is 6. The molecule has 0 N–H and O–H groups in total. The molecule has 7 nitrogen and oxygen atoms in total. The maximum atomic E-state index is 13.0. The fraction of sp³-hybridized carbons (Fsp3) is 0.115. The summed E-state index contributed by atoms with van der Waals surface area (Å²) in [5.74, 6) is 0.815. The molecule has 0 spiro atoms. The molecule has 4 aromatic rings. The van der Waals surface area contributed by atoms with Crippen molar-refractivity contribution >= 4 is 23.2 Å². The van der Waals surface area contributed by atoms with Crippen LogP contribution in [0.5, 0.6) is 0 Å². The van der Waals surface area contributed by atoms with E-state index in [-0.39, 0.29) is 17.2 Å². The monoisotopic (exact) mass is 468 g/mol. The molecule has 5 rings (SSSR count). The van der Waals surface area contributed by atoms with Crippen LogP contribution in [0.15, 0.2) is 84.5 Å². The van der Waals surface area contributed by atoms with Crippen LogP contribution in [0.4, 0.5) is 5.69 Å². The molecule has 1 aliphatic carbocycles. The van der Waals surface area contributed by atoms with E-state index in [1.165, 1.54) is 46.1 Å². The second-order valence-corrected chi connectivity index (χ2v) is 8.87. The van der Waals surface area contributed by atoms with Crippen LogP contribution < -0.4 is 0 Å². The Balaban J connectivity index is 1.33. The number of nitro benzene ring substituents is 1. The molecule has 1 heterocycles. The lowest BCUT2D eigenvalue weighted by atomic mass is 10.0. The molecule has 34 heavy (non-hydrogen) atoms. The number of rotatable bonds is 8. The van der Waals surface area contributed by atoms with Crippen LogP contribution in [0.25, 0.3) is 22.5 Å². The maximum absolute atomic E-state index is 13.0. The van der Waals surface area contributed by atoms with Crippen molar-refractivity contribution in [2.75, 3.05) is 5.75 Å². The molecule has 0 aliphatic heterocycles.